The minimum atomic E-state index is 0.0738. The monoisotopic (exact) mass is 312 g/mol. The van der Waals surface area contributed by atoms with Crippen molar-refractivity contribution in [2.24, 2.45) is 0 Å². The molecule has 0 aliphatic carbocycles. The van der Waals surface area contributed by atoms with Gasteiger partial charge in [-0.05, 0) is 44.5 Å². The van der Waals surface area contributed by atoms with Gasteiger partial charge in [-0.3, -0.25) is 0 Å². The van der Waals surface area contributed by atoms with E-state index in [0.717, 1.165) is 22.1 Å². The minimum Gasteiger partial charge on any atom is -0.495 e. The molecule has 1 atom stereocenters. The average Bonchev–Trinajstić information content (AvgIpc) is 2.27. The van der Waals surface area contributed by atoms with E-state index >= 15 is 0 Å². The first-order chi connectivity index (χ1) is 8.31. The van der Waals surface area contributed by atoms with Gasteiger partial charge >= 0.3 is 0 Å². The molecule has 3 heteroatoms. The van der Waals surface area contributed by atoms with Crippen LogP contribution < -0.4 is 4.74 Å². The lowest BCUT2D eigenvalue weighted by atomic mass is 9.84. The predicted octanol–water partition coefficient (Wildman–Crippen LogP) is 4.45. The molecule has 0 saturated heterocycles. The van der Waals surface area contributed by atoms with Crippen LogP contribution in [0.1, 0.15) is 51.2 Å². The van der Waals surface area contributed by atoms with Crippen molar-refractivity contribution in [3.05, 3.63) is 27.7 Å². The molecule has 0 aliphatic heterocycles. The van der Waals surface area contributed by atoms with Crippen molar-refractivity contribution in [3.8, 4) is 5.75 Å². The topological polar surface area (TPSA) is 26.3 Å². The van der Waals surface area contributed by atoms with Crippen LogP contribution in [0, 0.1) is 0 Å². The van der Waals surface area contributed by atoms with Gasteiger partial charge in [-0.2, -0.15) is 0 Å². The molecule has 0 aromatic heterocycles. The first kappa shape index (κ1) is 15.2. The molecule has 0 N–H and O–H groups in total. The number of carbonyl (C=O) groups excluding carboxylic acids is 1. The lowest BCUT2D eigenvalue weighted by Crippen LogP contribution is -2.13. The molecule has 0 amide bonds. The van der Waals surface area contributed by atoms with Gasteiger partial charge in [0.2, 0.25) is 0 Å². The van der Waals surface area contributed by atoms with E-state index in [0.29, 0.717) is 6.42 Å². The number of hydrogen-bond acceptors (Lipinski definition) is 2. The third kappa shape index (κ3) is 3.35. The van der Waals surface area contributed by atoms with Crippen molar-refractivity contribution in [1.29, 1.82) is 0 Å². The van der Waals surface area contributed by atoms with Crippen molar-refractivity contribution in [1.82, 2.24) is 0 Å². The molecule has 1 unspecified atom stereocenters. The molecule has 2 nitrogen and oxygen atoms in total. The average molecular weight is 313 g/mol. The standard InChI is InChI=1S/C15H21BrO2/c1-10(6-7-17)12-8-11(15(2,3)4)9-13(16)14(12)18-5/h7-10H,6H2,1-5H3. The van der Waals surface area contributed by atoms with Gasteiger partial charge in [-0.25, -0.2) is 0 Å². The maximum atomic E-state index is 10.7. The van der Waals surface area contributed by atoms with Crippen LogP contribution in [0.4, 0.5) is 0 Å². The summed E-state index contributed by atoms with van der Waals surface area (Å²) >= 11 is 3.56. The van der Waals surface area contributed by atoms with Gasteiger partial charge in [0.1, 0.15) is 12.0 Å². The van der Waals surface area contributed by atoms with Crippen LogP contribution in [-0.2, 0) is 10.2 Å². The van der Waals surface area contributed by atoms with Gasteiger partial charge in [0.05, 0.1) is 11.6 Å². The van der Waals surface area contributed by atoms with Gasteiger partial charge in [0.15, 0.2) is 0 Å². The van der Waals surface area contributed by atoms with Crippen molar-refractivity contribution in [2.75, 3.05) is 7.11 Å². The van der Waals surface area contributed by atoms with E-state index in [9.17, 15) is 4.79 Å². The third-order valence-electron chi connectivity index (χ3n) is 3.12. The lowest BCUT2D eigenvalue weighted by Gasteiger charge is -2.24. The Bertz CT molecular complexity index is 433. The third-order valence-corrected chi connectivity index (χ3v) is 3.71. The van der Waals surface area contributed by atoms with Crippen LogP contribution in [0.2, 0.25) is 0 Å². The summed E-state index contributed by atoms with van der Waals surface area (Å²) in [7, 11) is 1.66. The first-order valence-corrected chi connectivity index (χ1v) is 6.92. The van der Waals surface area contributed by atoms with Crippen LogP contribution in [0.5, 0.6) is 5.75 Å². The van der Waals surface area contributed by atoms with Crippen molar-refractivity contribution in [2.45, 2.75) is 45.4 Å². The number of rotatable bonds is 4. The molecular weight excluding hydrogens is 292 g/mol. The second-order valence-corrected chi connectivity index (χ2v) is 6.49. The van der Waals surface area contributed by atoms with Gasteiger partial charge in [0.25, 0.3) is 0 Å². The normalized spacial score (nSPS) is 13.2. The summed E-state index contributed by atoms with van der Waals surface area (Å²) in [5, 5.41) is 0. The predicted molar refractivity (Wildman–Crippen MR) is 78.5 cm³/mol. The van der Waals surface area contributed by atoms with E-state index in [1.165, 1.54) is 5.56 Å². The molecule has 100 valence electrons. The Morgan fingerprint density at radius 1 is 1.39 bits per heavy atom. The van der Waals surface area contributed by atoms with E-state index < -0.39 is 0 Å². The van der Waals surface area contributed by atoms with E-state index in [1.807, 2.05) is 6.92 Å². The van der Waals surface area contributed by atoms with E-state index in [2.05, 4.69) is 48.8 Å². The summed E-state index contributed by atoms with van der Waals surface area (Å²) in [4.78, 5) is 10.7. The fraction of sp³-hybridized carbons (Fsp3) is 0.533. The Hall–Kier alpha value is -0.830. The van der Waals surface area contributed by atoms with Gasteiger partial charge in [-0.15, -0.1) is 0 Å². The first-order valence-electron chi connectivity index (χ1n) is 6.12. The highest BCUT2D eigenvalue weighted by Crippen LogP contribution is 2.39. The molecular formula is C15H21BrO2. The van der Waals surface area contributed by atoms with E-state index in [1.54, 1.807) is 7.11 Å². The highest BCUT2D eigenvalue weighted by Gasteiger charge is 2.21. The fourth-order valence-corrected chi connectivity index (χ4v) is 2.54. The Kier molecular flexibility index (Phi) is 4.97. The Morgan fingerprint density at radius 2 is 2.00 bits per heavy atom. The molecule has 0 radical (unpaired) electrons. The van der Waals surface area contributed by atoms with Crippen LogP contribution >= 0.6 is 15.9 Å². The summed E-state index contributed by atoms with van der Waals surface area (Å²) in [5.41, 5.74) is 2.40. The number of hydrogen-bond donors (Lipinski definition) is 0. The number of methoxy groups -OCH3 is 1. The second kappa shape index (κ2) is 5.87. The molecule has 18 heavy (non-hydrogen) atoms. The Morgan fingerprint density at radius 3 is 2.44 bits per heavy atom. The molecule has 0 bridgehead atoms. The quantitative estimate of drug-likeness (QED) is 0.768. The van der Waals surface area contributed by atoms with Crippen LogP contribution in [0.3, 0.4) is 0 Å². The van der Waals surface area contributed by atoms with Gasteiger partial charge in [-0.1, -0.05) is 33.8 Å². The number of aldehydes is 1. The summed E-state index contributed by atoms with van der Waals surface area (Å²) < 4.78 is 6.40. The molecule has 1 aromatic carbocycles. The molecule has 0 saturated carbocycles. The SMILES string of the molecule is COc1c(Br)cc(C(C)(C)C)cc1C(C)CC=O. The van der Waals surface area contributed by atoms with Crippen LogP contribution in [-0.4, -0.2) is 13.4 Å². The molecule has 0 aliphatic rings. The number of carbonyl (C=O) groups is 1. The Balaban J connectivity index is 3.36. The smallest absolute Gasteiger partial charge is 0.136 e. The zero-order valence-corrected chi connectivity index (χ0v) is 13.3. The van der Waals surface area contributed by atoms with Crippen molar-refractivity contribution >= 4 is 22.2 Å². The van der Waals surface area contributed by atoms with Gasteiger partial charge in [0, 0.05) is 6.42 Å². The number of ether oxygens (including phenoxy) is 1. The maximum absolute atomic E-state index is 10.7. The van der Waals surface area contributed by atoms with E-state index in [4.69, 9.17) is 4.74 Å². The molecule has 0 spiro atoms. The molecule has 0 heterocycles. The highest BCUT2D eigenvalue weighted by atomic mass is 79.9. The lowest BCUT2D eigenvalue weighted by molar-refractivity contribution is -0.108. The van der Waals surface area contributed by atoms with E-state index in [-0.39, 0.29) is 11.3 Å². The fourth-order valence-electron chi connectivity index (χ4n) is 1.90. The minimum absolute atomic E-state index is 0.0738. The highest BCUT2D eigenvalue weighted by molar-refractivity contribution is 9.10. The van der Waals surface area contributed by atoms with Gasteiger partial charge < -0.3 is 9.53 Å². The Labute approximate surface area is 118 Å². The molecule has 0 fully saturated rings. The summed E-state index contributed by atoms with van der Waals surface area (Å²) in [5.74, 6) is 0.994. The number of halogens is 1. The van der Waals surface area contributed by atoms with Crippen LogP contribution in [0.25, 0.3) is 0 Å². The maximum Gasteiger partial charge on any atom is 0.136 e. The van der Waals surface area contributed by atoms with Crippen LogP contribution in [0.15, 0.2) is 16.6 Å². The molecule has 1 aromatic rings. The van der Waals surface area contributed by atoms with Crippen molar-refractivity contribution < 1.29 is 9.53 Å². The van der Waals surface area contributed by atoms with Crippen molar-refractivity contribution in [3.63, 3.8) is 0 Å². The molecule has 1 rings (SSSR count). The summed E-state index contributed by atoms with van der Waals surface area (Å²) in [6, 6.07) is 4.24. The second-order valence-electron chi connectivity index (χ2n) is 5.63. The number of benzene rings is 1. The summed E-state index contributed by atoms with van der Waals surface area (Å²) in [6.07, 6.45) is 1.47. The zero-order chi connectivity index (χ0) is 13.9. The zero-order valence-electron chi connectivity index (χ0n) is 11.7. The summed E-state index contributed by atoms with van der Waals surface area (Å²) in [6.45, 7) is 8.57. The largest absolute Gasteiger partial charge is 0.495 e.